The first-order valence-electron chi connectivity index (χ1n) is 8.32. The molecule has 2 heterocycles. The van der Waals surface area contributed by atoms with Gasteiger partial charge in [0.25, 0.3) is 0 Å². The standard InChI is InChI=1S/C20H22N2O3/c1-14-4-7-16(8-5-14)18-12-21-19(25-18)10-11-20(23)22(3)13-17-9-6-15(2)24-17/h4-9,12H,10-11,13H2,1-3H3. The van der Waals surface area contributed by atoms with Crippen molar-refractivity contribution in [2.45, 2.75) is 33.2 Å². The molecule has 0 N–H and O–H groups in total. The largest absolute Gasteiger partial charge is 0.464 e. The monoisotopic (exact) mass is 338 g/mol. The summed E-state index contributed by atoms with van der Waals surface area (Å²) in [5.74, 6) is 2.96. The van der Waals surface area contributed by atoms with Gasteiger partial charge in [0.05, 0.1) is 12.7 Å². The van der Waals surface area contributed by atoms with Gasteiger partial charge in [-0.15, -0.1) is 0 Å². The number of hydrogen-bond acceptors (Lipinski definition) is 4. The number of carbonyl (C=O) groups excluding carboxylic acids is 1. The third-order valence-corrected chi connectivity index (χ3v) is 4.06. The number of amides is 1. The van der Waals surface area contributed by atoms with Crippen LogP contribution in [-0.2, 0) is 17.8 Å². The molecule has 0 unspecified atom stereocenters. The summed E-state index contributed by atoms with van der Waals surface area (Å²) >= 11 is 0. The molecular formula is C20H22N2O3. The smallest absolute Gasteiger partial charge is 0.223 e. The van der Waals surface area contributed by atoms with Crippen molar-refractivity contribution in [3.05, 3.63) is 65.6 Å². The van der Waals surface area contributed by atoms with Crippen LogP contribution in [0.4, 0.5) is 0 Å². The quantitative estimate of drug-likeness (QED) is 0.678. The van der Waals surface area contributed by atoms with Crippen molar-refractivity contribution in [2.75, 3.05) is 7.05 Å². The Kier molecular flexibility index (Phi) is 5.03. The summed E-state index contributed by atoms with van der Waals surface area (Å²) in [6, 6.07) is 11.9. The number of benzene rings is 1. The average Bonchev–Trinajstić information content (AvgIpc) is 3.22. The molecule has 3 aromatic rings. The summed E-state index contributed by atoms with van der Waals surface area (Å²) in [6.07, 6.45) is 2.54. The van der Waals surface area contributed by atoms with Crippen LogP contribution in [0, 0.1) is 13.8 Å². The Morgan fingerprint density at radius 1 is 1.08 bits per heavy atom. The third kappa shape index (κ3) is 4.38. The van der Waals surface area contributed by atoms with E-state index in [-0.39, 0.29) is 5.91 Å². The van der Waals surface area contributed by atoms with Crippen LogP contribution < -0.4 is 0 Å². The lowest BCUT2D eigenvalue weighted by Crippen LogP contribution is -2.26. The number of hydrogen-bond donors (Lipinski definition) is 0. The van der Waals surface area contributed by atoms with Gasteiger partial charge < -0.3 is 13.7 Å². The summed E-state index contributed by atoms with van der Waals surface area (Å²) in [4.78, 5) is 18.2. The zero-order valence-corrected chi connectivity index (χ0v) is 14.8. The topological polar surface area (TPSA) is 59.5 Å². The summed E-state index contributed by atoms with van der Waals surface area (Å²) in [7, 11) is 1.77. The van der Waals surface area contributed by atoms with E-state index >= 15 is 0 Å². The predicted molar refractivity (Wildman–Crippen MR) is 94.9 cm³/mol. The fourth-order valence-corrected chi connectivity index (χ4v) is 2.57. The number of aryl methyl sites for hydroxylation is 3. The van der Waals surface area contributed by atoms with E-state index in [1.807, 2.05) is 50.2 Å². The van der Waals surface area contributed by atoms with E-state index in [2.05, 4.69) is 4.98 Å². The molecule has 0 spiro atoms. The molecule has 0 saturated carbocycles. The van der Waals surface area contributed by atoms with E-state index in [1.165, 1.54) is 5.56 Å². The molecule has 0 aliphatic heterocycles. The molecule has 0 radical (unpaired) electrons. The second kappa shape index (κ2) is 7.38. The van der Waals surface area contributed by atoms with Crippen molar-refractivity contribution in [1.82, 2.24) is 9.88 Å². The molecule has 2 aromatic heterocycles. The number of rotatable bonds is 6. The van der Waals surface area contributed by atoms with E-state index in [0.29, 0.717) is 25.3 Å². The summed E-state index contributed by atoms with van der Waals surface area (Å²) in [5, 5.41) is 0. The van der Waals surface area contributed by atoms with Gasteiger partial charge in [0, 0.05) is 25.5 Å². The second-order valence-electron chi connectivity index (χ2n) is 6.25. The molecule has 3 rings (SSSR count). The van der Waals surface area contributed by atoms with Crippen LogP contribution in [0.25, 0.3) is 11.3 Å². The van der Waals surface area contributed by atoms with Crippen LogP contribution in [0.5, 0.6) is 0 Å². The molecule has 130 valence electrons. The zero-order valence-electron chi connectivity index (χ0n) is 14.8. The molecule has 1 amide bonds. The van der Waals surface area contributed by atoms with Crippen molar-refractivity contribution in [3.8, 4) is 11.3 Å². The highest BCUT2D eigenvalue weighted by atomic mass is 16.4. The Morgan fingerprint density at radius 2 is 1.84 bits per heavy atom. The van der Waals surface area contributed by atoms with Crippen molar-refractivity contribution in [2.24, 2.45) is 0 Å². The molecule has 0 atom stereocenters. The molecule has 5 nitrogen and oxygen atoms in total. The molecule has 0 saturated heterocycles. The highest BCUT2D eigenvalue weighted by Crippen LogP contribution is 2.21. The molecule has 0 fully saturated rings. The van der Waals surface area contributed by atoms with Crippen molar-refractivity contribution in [3.63, 3.8) is 0 Å². The van der Waals surface area contributed by atoms with Crippen LogP contribution in [0.2, 0.25) is 0 Å². The second-order valence-corrected chi connectivity index (χ2v) is 6.25. The predicted octanol–water partition coefficient (Wildman–Crippen LogP) is 4.14. The SMILES string of the molecule is Cc1ccc(-c2cnc(CCC(=O)N(C)Cc3ccc(C)o3)o2)cc1. The Morgan fingerprint density at radius 3 is 2.52 bits per heavy atom. The van der Waals surface area contributed by atoms with E-state index in [0.717, 1.165) is 22.8 Å². The van der Waals surface area contributed by atoms with Crippen LogP contribution in [0.1, 0.15) is 29.4 Å². The van der Waals surface area contributed by atoms with Gasteiger partial charge >= 0.3 is 0 Å². The lowest BCUT2D eigenvalue weighted by atomic mass is 10.1. The maximum absolute atomic E-state index is 12.3. The number of carbonyl (C=O) groups is 1. The normalized spacial score (nSPS) is 10.8. The highest BCUT2D eigenvalue weighted by molar-refractivity contribution is 5.76. The molecule has 25 heavy (non-hydrogen) atoms. The molecule has 1 aromatic carbocycles. The maximum Gasteiger partial charge on any atom is 0.223 e. The van der Waals surface area contributed by atoms with Gasteiger partial charge in [-0.25, -0.2) is 4.98 Å². The van der Waals surface area contributed by atoms with Gasteiger partial charge in [-0.05, 0) is 26.0 Å². The van der Waals surface area contributed by atoms with Crippen LogP contribution in [-0.4, -0.2) is 22.8 Å². The van der Waals surface area contributed by atoms with Gasteiger partial charge in [0.15, 0.2) is 11.7 Å². The van der Waals surface area contributed by atoms with Crippen LogP contribution in [0.15, 0.2) is 51.4 Å². The first-order chi connectivity index (χ1) is 12.0. The van der Waals surface area contributed by atoms with E-state index < -0.39 is 0 Å². The molecular weight excluding hydrogens is 316 g/mol. The Balaban J connectivity index is 1.54. The summed E-state index contributed by atoms with van der Waals surface area (Å²) < 4.78 is 11.3. The first-order valence-corrected chi connectivity index (χ1v) is 8.32. The van der Waals surface area contributed by atoms with E-state index in [9.17, 15) is 4.79 Å². The van der Waals surface area contributed by atoms with E-state index in [1.54, 1.807) is 18.1 Å². The molecule has 0 aliphatic rings. The number of furan rings is 1. The summed E-state index contributed by atoms with van der Waals surface area (Å²) in [6.45, 7) is 4.40. The fraction of sp³-hybridized carbons (Fsp3) is 0.300. The van der Waals surface area contributed by atoms with Crippen molar-refractivity contribution in [1.29, 1.82) is 0 Å². The molecule has 0 bridgehead atoms. The lowest BCUT2D eigenvalue weighted by molar-refractivity contribution is -0.130. The van der Waals surface area contributed by atoms with Crippen molar-refractivity contribution < 1.29 is 13.6 Å². The minimum Gasteiger partial charge on any atom is -0.464 e. The van der Waals surface area contributed by atoms with Gasteiger partial charge in [0.1, 0.15) is 11.5 Å². The Bertz CT molecular complexity index is 846. The minimum absolute atomic E-state index is 0.0316. The number of nitrogens with zero attached hydrogens (tertiary/aromatic N) is 2. The van der Waals surface area contributed by atoms with Gasteiger partial charge in [-0.2, -0.15) is 0 Å². The maximum atomic E-state index is 12.3. The molecule has 5 heteroatoms. The fourth-order valence-electron chi connectivity index (χ4n) is 2.57. The summed E-state index contributed by atoms with van der Waals surface area (Å²) in [5.41, 5.74) is 2.19. The van der Waals surface area contributed by atoms with Crippen molar-refractivity contribution >= 4 is 5.91 Å². The van der Waals surface area contributed by atoms with Gasteiger partial charge in [-0.3, -0.25) is 4.79 Å². The zero-order chi connectivity index (χ0) is 17.8. The highest BCUT2D eigenvalue weighted by Gasteiger charge is 2.13. The minimum atomic E-state index is 0.0316. The Hall–Kier alpha value is -2.82. The third-order valence-electron chi connectivity index (χ3n) is 4.06. The number of oxazole rings is 1. The van der Waals surface area contributed by atoms with Crippen LogP contribution in [0.3, 0.4) is 0 Å². The van der Waals surface area contributed by atoms with Gasteiger partial charge in [0.2, 0.25) is 5.91 Å². The lowest BCUT2D eigenvalue weighted by Gasteiger charge is -2.15. The number of aromatic nitrogens is 1. The molecule has 0 aliphatic carbocycles. The first kappa shape index (κ1) is 17.0. The Labute approximate surface area is 147 Å². The van der Waals surface area contributed by atoms with E-state index in [4.69, 9.17) is 8.83 Å². The van der Waals surface area contributed by atoms with Crippen LogP contribution >= 0.6 is 0 Å². The average molecular weight is 338 g/mol. The van der Waals surface area contributed by atoms with Gasteiger partial charge in [-0.1, -0.05) is 29.8 Å².